The normalized spacial score (nSPS) is 24.5. The smallest absolute Gasteiger partial charge is 0.0708 e. The van der Waals surface area contributed by atoms with Crippen LogP contribution in [-0.2, 0) is 11.8 Å². The Labute approximate surface area is 329 Å². The van der Waals surface area contributed by atoms with Crippen molar-refractivity contribution in [3.05, 3.63) is 168 Å². The predicted octanol–water partition coefficient (Wildman–Crippen LogP) is 12.8. The van der Waals surface area contributed by atoms with E-state index in [1.807, 2.05) is 0 Å². The van der Waals surface area contributed by atoms with Crippen molar-refractivity contribution in [2.24, 2.45) is 28.7 Å². The molecule has 274 valence electrons. The molecule has 3 heterocycles. The number of rotatable bonds is 5. The van der Waals surface area contributed by atoms with Crippen LogP contribution in [-0.4, -0.2) is 14.8 Å². The molecular weight excluding hydrogens is 681 g/mol. The molecule has 2 aromatic heterocycles. The summed E-state index contributed by atoms with van der Waals surface area (Å²) in [5.74, 6) is 0.961. The summed E-state index contributed by atoms with van der Waals surface area (Å²) in [5.41, 5.74) is 14.5. The van der Waals surface area contributed by atoms with Crippen LogP contribution in [0.1, 0.15) is 62.9 Å². The van der Waals surface area contributed by atoms with Gasteiger partial charge in [-0.05, 0) is 96.3 Å². The van der Waals surface area contributed by atoms with Crippen LogP contribution in [0.3, 0.4) is 0 Å². The zero-order chi connectivity index (χ0) is 38.1. The molecule has 4 heteroatoms. The van der Waals surface area contributed by atoms with Gasteiger partial charge in [-0.25, -0.2) is 0 Å². The fourth-order valence-corrected chi connectivity index (χ4v) is 9.68. The summed E-state index contributed by atoms with van der Waals surface area (Å²) < 4.78 is 4.83. The highest BCUT2D eigenvalue weighted by Gasteiger charge is 2.33. The lowest BCUT2D eigenvalue weighted by molar-refractivity contribution is 0.589. The van der Waals surface area contributed by atoms with Gasteiger partial charge in [0.2, 0.25) is 0 Å². The molecule has 4 aromatic carbocycles. The van der Waals surface area contributed by atoms with Gasteiger partial charge in [0.05, 0.1) is 34.2 Å². The van der Waals surface area contributed by atoms with Gasteiger partial charge >= 0.3 is 0 Å². The molecular formula is C52H46N4. The lowest BCUT2D eigenvalue weighted by Gasteiger charge is -2.31. The monoisotopic (exact) mass is 726 g/mol. The molecule has 5 unspecified atom stereocenters. The Kier molecular flexibility index (Phi) is 8.12. The molecule has 1 aliphatic heterocycles. The van der Waals surface area contributed by atoms with Crippen molar-refractivity contribution in [1.29, 1.82) is 5.26 Å². The highest BCUT2D eigenvalue weighted by Crippen LogP contribution is 2.44. The standard InChI is InChI=1S/C52H46N4/c1-33-12-5-6-15-41(33)51-34(2)20-24-46(54-51)36-13-11-14-39(29-36)55-48-19-10-8-17-43(48)45-31-52(4,27-26-50(45)55)38-22-25-49-44(30-38)42-16-7-9-18-47(42)56(49)40-23-21-37(32-53)35(3)28-40/h5-11,13-19,21-30,33-35,37H,12,20,31H2,1-4H3. The van der Waals surface area contributed by atoms with Crippen LogP contribution in [0.25, 0.3) is 55.9 Å². The van der Waals surface area contributed by atoms with Crippen molar-refractivity contribution in [2.75, 3.05) is 0 Å². The third-order valence-electron chi connectivity index (χ3n) is 12.9. The van der Waals surface area contributed by atoms with Crippen molar-refractivity contribution in [2.45, 2.75) is 52.4 Å². The Morgan fingerprint density at radius 2 is 1.57 bits per heavy atom. The van der Waals surface area contributed by atoms with E-state index in [9.17, 15) is 5.26 Å². The van der Waals surface area contributed by atoms with Crippen LogP contribution in [0.4, 0.5) is 0 Å². The summed E-state index contributed by atoms with van der Waals surface area (Å²) in [7, 11) is 0. The number of aliphatic imine (C=N–C) groups is 1. The zero-order valence-corrected chi connectivity index (χ0v) is 32.6. The quantitative estimate of drug-likeness (QED) is 0.174. The second-order valence-electron chi connectivity index (χ2n) is 16.7. The Hall–Kier alpha value is -6.18. The first-order chi connectivity index (χ1) is 27.3. The van der Waals surface area contributed by atoms with E-state index in [-0.39, 0.29) is 17.3 Å². The number of benzene rings is 4. The van der Waals surface area contributed by atoms with E-state index >= 15 is 0 Å². The summed E-state index contributed by atoms with van der Waals surface area (Å²) in [4.78, 5) is 5.34. The lowest BCUT2D eigenvalue weighted by atomic mass is 9.73. The van der Waals surface area contributed by atoms with Crippen LogP contribution in [0.15, 0.2) is 150 Å². The van der Waals surface area contributed by atoms with Crippen molar-refractivity contribution >= 4 is 55.9 Å². The number of allylic oxidation sites excluding steroid dienone is 10. The predicted molar refractivity (Wildman–Crippen MR) is 235 cm³/mol. The van der Waals surface area contributed by atoms with E-state index < -0.39 is 0 Å². The average Bonchev–Trinajstić information content (AvgIpc) is 3.73. The minimum atomic E-state index is -0.200. The van der Waals surface area contributed by atoms with Crippen LogP contribution >= 0.6 is 0 Å². The second kappa shape index (κ2) is 13.2. The van der Waals surface area contributed by atoms with Gasteiger partial charge in [-0.1, -0.05) is 125 Å². The van der Waals surface area contributed by atoms with Crippen molar-refractivity contribution in [3.8, 4) is 11.8 Å². The highest BCUT2D eigenvalue weighted by atomic mass is 15.0. The molecule has 56 heavy (non-hydrogen) atoms. The Balaban J connectivity index is 1.04. The third kappa shape index (κ3) is 5.44. The molecule has 4 nitrogen and oxygen atoms in total. The molecule has 0 fully saturated rings. The molecule has 0 N–H and O–H groups in total. The van der Waals surface area contributed by atoms with Gasteiger partial charge in [0.1, 0.15) is 0 Å². The van der Waals surface area contributed by atoms with Gasteiger partial charge in [-0.2, -0.15) is 5.26 Å². The zero-order valence-electron chi connectivity index (χ0n) is 32.6. The molecule has 6 aromatic rings. The number of hydrogen-bond acceptors (Lipinski definition) is 2. The van der Waals surface area contributed by atoms with Crippen molar-refractivity contribution in [1.82, 2.24) is 9.13 Å². The van der Waals surface area contributed by atoms with Gasteiger partial charge in [-0.15, -0.1) is 0 Å². The largest absolute Gasteiger partial charge is 0.310 e. The summed E-state index contributed by atoms with van der Waals surface area (Å²) in [6.45, 7) is 9.15. The Morgan fingerprint density at radius 3 is 2.38 bits per heavy atom. The molecule has 4 aliphatic rings. The number of para-hydroxylation sites is 2. The first-order valence-electron chi connectivity index (χ1n) is 20.2. The number of fused-ring (bicyclic) bond motifs is 6. The maximum absolute atomic E-state index is 9.65. The van der Waals surface area contributed by atoms with E-state index in [1.165, 1.54) is 60.8 Å². The molecule has 0 bridgehead atoms. The minimum Gasteiger partial charge on any atom is -0.310 e. The molecule has 5 atom stereocenters. The Bertz CT molecular complexity index is 2870. The summed E-state index contributed by atoms with van der Waals surface area (Å²) in [6.07, 6.45) is 23.3. The van der Waals surface area contributed by atoms with E-state index in [4.69, 9.17) is 4.99 Å². The first-order valence-corrected chi connectivity index (χ1v) is 20.2. The summed E-state index contributed by atoms with van der Waals surface area (Å²) in [5, 5.41) is 13.5. The molecule has 0 amide bonds. The van der Waals surface area contributed by atoms with Crippen LogP contribution in [0, 0.1) is 35.0 Å². The van der Waals surface area contributed by atoms with E-state index in [0.717, 1.165) is 41.9 Å². The van der Waals surface area contributed by atoms with E-state index in [1.54, 1.807) is 0 Å². The van der Waals surface area contributed by atoms with Gasteiger partial charge in [0, 0.05) is 55.8 Å². The van der Waals surface area contributed by atoms with E-state index in [0.29, 0.717) is 11.8 Å². The van der Waals surface area contributed by atoms with Gasteiger partial charge in [0.15, 0.2) is 0 Å². The number of hydrogen-bond donors (Lipinski definition) is 0. The van der Waals surface area contributed by atoms with E-state index in [2.05, 4.69) is 189 Å². The third-order valence-corrected chi connectivity index (χ3v) is 12.9. The summed E-state index contributed by atoms with van der Waals surface area (Å²) >= 11 is 0. The topological polar surface area (TPSA) is 46.0 Å². The summed E-state index contributed by atoms with van der Waals surface area (Å²) in [6, 6.07) is 36.1. The molecule has 0 spiro atoms. The van der Waals surface area contributed by atoms with Gasteiger partial charge < -0.3 is 9.13 Å². The van der Waals surface area contributed by atoms with Crippen molar-refractivity contribution in [3.63, 3.8) is 0 Å². The molecule has 0 saturated heterocycles. The lowest BCUT2D eigenvalue weighted by Crippen LogP contribution is -2.25. The number of aromatic nitrogens is 2. The average molecular weight is 727 g/mol. The first kappa shape index (κ1) is 34.3. The Morgan fingerprint density at radius 1 is 0.786 bits per heavy atom. The van der Waals surface area contributed by atoms with Crippen LogP contribution < -0.4 is 0 Å². The van der Waals surface area contributed by atoms with Crippen molar-refractivity contribution < 1.29 is 0 Å². The number of nitrogens with zero attached hydrogens (tertiary/aromatic N) is 4. The number of nitriles is 1. The molecule has 3 aliphatic carbocycles. The fraction of sp³-hybridized carbons (Fsp3) is 0.231. The maximum Gasteiger partial charge on any atom is 0.0708 e. The minimum absolute atomic E-state index is 0.0945. The fourth-order valence-electron chi connectivity index (χ4n) is 9.68. The van der Waals surface area contributed by atoms with Gasteiger partial charge in [-0.3, -0.25) is 4.99 Å². The van der Waals surface area contributed by atoms with Crippen LogP contribution in [0.5, 0.6) is 0 Å². The second-order valence-corrected chi connectivity index (χ2v) is 16.7. The maximum atomic E-state index is 9.65. The van der Waals surface area contributed by atoms with Gasteiger partial charge in [0.25, 0.3) is 0 Å². The molecule has 10 rings (SSSR count). The van der Waals surface area contributed by atoms with Crippen LogP contribution in [0.2, 0.25) is 0 Å². The molecule has 0 saturated carbocycles. The SMILES string of the molecule is CC1CC=CC=C1C1=NC(c2cccc(-n3c4c(c5ccccc53)CC(C)(c3ccc5c(c3)c3ccccc3n5C3=CC(C)C(C#N)C=C3)C=C4)c2)=CCC1C. The highest BCUT2D eigenvalue weighted by molar-refractivity contribution is 6.11. The molecule has 0 radical (unpaired) electrons.